The second-order valence-corrected chi connectivity index (χ2v) is 6.18. The fraction of sp³-hybridized carbons (Fsp3) is 0.412. The minimum Gasteiger partial charge on any atom is -0.481 e. The molecule has 1 aliphatic carbocycles. The van der Waals surface area contributed by atoms with Gasteiger partial charge in [0, 0.05) is 6.54 Å². The van der Waals surface area contributed by atoms with E-state index in [4.69, 9.17) is 0 Å². The maximum atomic E-state index is 12.3. The van der Waals surface area contributed by atoms with Crippen molar-refractivity contribution < 1.29 is 14.7 Å². The molecule has 1 aliphatic rings. The first-order chi connectivity index (χ1) is 11.6. The van der Waals surface area contributed by atoms with E-state index in [-0.39, 0.29) is 12.2 Å². The largest absolute Gasteiger partial charge is 0.481 e. The highest BCUT2D eigenvalue weighted by molar-refractivity contribution is 5.92. The quantitative estimate of drug-likeness (QED) is 0.875. The zero-order chi connectivity index (χ0) is 17.0. The summed E-state index contributed by atoms with van der Waals surface area (Å²) >= 11 is 0. The molecule has 0 bridgehead atoms. The van der Waals surface area contributed by atoms with Crippen molar-refractivity contribution in [1.29, 1.82) is 0 Å². The van der Waals surface area contributed by atoms with Crippen molar-refractivity contribution >= 4 is 11.9 Å². The van der Waals surface area contributed by atoms with Crippen molar-refractivity contribution in [3.8, 4) is 5.69 Å². The van der Waals surface area contributed by atoms with Gasteiger partial charge in [0.2, 0.25) is 0 Å². The second kappa shape index (κ2) is 6.82. The van der Waals surface area contributed by atoms with Crippen LogP contribution in [0.15, 0.2) is 36.5 Å². The fourth-order valence-electron chi connectivity index (χ4n) is 3.09. The monoisotopic (exact) mass is 328 g/mol. The SMILES string of the molecule is O=C(NCC1(C(=O)O)CCCCC1)c1cnn(-c2ccccc2)n1. The lowest BCUT2D eigenvalue weighted by Gasteiger charge is -2.33. The molecular weight excluding hydrogens is 308 g/mol. The highest BCUT2D eigenvalue weighted by atomic mass is 16.4. The van der Waals surface area contributed by atoms with Gasteiger partial charge in [-0.15, -0.1) is 5.10 Å². The summed E-state index contributed by atoms with van der Waals surface area (Å²) < 4.78 is 0. The van der Waals surface area contributed by atoms with Gasteiger partial charge in [-0.2, -0.15) is 9.90 Å². The Morgan fingerprint density at radius 1 is 1.17 bits per heavy atom. The molecule has 0 saturated heterocycles. The van der Waals surface area contributed by atoms with Gasteiger partial charge in [-0.3, -0.25) is 9.59 Å². The molecule has 126 valence electrons. The number of rotatable bonds is 5. The molecule has 0 unspecified atom stereocenters. The number of benzene rings is 1. The van der Waals surface area contributed by atoms with Crippen molar-refractivity contribution in [2.75, 3.05) is 6.54 Å². The lowest BCUT2D eigenvalue weighted by Crippen LogP contribution is -2.44. The van der Waals surface area contributed by atoms with E-state index in [0.717, 1.165) is 24.9 Å². The Morgan fingerprint density at radius 2 is 1.88 bits per heavy atom. The van der Waals surface area contributed by atoms with Gasteiger partial charge in [-0.1, -0.05) is 37.5 Å². The summed E-state index contributed by atoms with van der Waals surface area (Å²) in [6, 6.07) is 9.28. The second-order valence-electron chi connectivity index (χ2n) is 6.18. The number of para-hydroxylation sites is 1. The van der Waals surface area contributed by atoms with Crippen LogP contribution in [-0.2, 0) is 4.79 Å². The predicted molar refractivity (Wildman–Crippen MR) is 86.8 cm³/mol. The molecule has 2 aromatic rings. The van der Waals surface area contributed by atoms with Gasteiger partial charge in [-0.25, -0.2) is 0 Å². The fourth-order valence-corrected chi connectivity index (χ4v) is 3.09. The molecule has 1 saturated carbocycles. The van der Waals surface area contributed by atoms with Crippen molar-refractivity contribution in [1.82, 2.24) is 20.3 Å². The molecule has 1 fully saturated rings. The van der Waals surface area contributed by atoms with Gasteiger partial charge in [0.15, 0.2) is 5.69 Å². The van der Waals surface area contributed by atoms with E-state index in [2.05, 4.69) is 15.5 Å². The number of carboxylic acid groups (broad SMARTS) is 1. The standard InChI is InChI=1S/C17H20N4O3/c22-15(18-12-17(16(23)24)9-5-2-6-10-17)14-11-19-21(20-14)13-7-3-1-4-8-13/h1,3-4,7-8,11H,2,5-6,9-10,12H2,(H,18,22)(H,23,24). The summed E-state index contributed by atoms with van der Waals surface area (Å²) in [5.74, 6) is -1.24. The number of hydrogen-bond acceptors (Lipinski definition) is 4. The third-order valence-electron chi connectivity index (χ3n) is 4.56. The summed E-state index contributed by atoms with van der Waals surface area (Å²) in [4.78, 5) is 25.3. The highest BCUT2D eigenvalue weighted by Crippen LogP contribution is 2.36. The normalized spacial score (nSPS) is 16.5. The van der Waals surface area contributed by atoms with E-state index in [9.17, 15) is 14.7 Å². The lowest BCUT2D eigenvalue weighted by molar-refractivity contribution is -0.150. The van der Waals surface area contributed by atoms with Crippen LogP contribution in [0.4, 0.5) is 0 Å². The molecule has 0 spiro atoms. The first-order valence-corrected chi connectivity index (χ1v) is 8.10. The molecular formula is C17H20N4O3. The zero-order valence-corrected chi connectivity index (χ0v) is 13.3. The van der Waals surface area contributed by atoms with Crippen LogP contribution in [0.3, 0.4) is 0 Å². The smallest absolute Gasteiger partial charge is 0.311 e. The van der Waals surface area contributed by atoms with Crippen LogP contribution < -0.4 is 5.32 Å². The Balaban J connectivity index is 1.67. The molecule has 24 heavy (non-hydrogen) atoms. The minimum atomic E-state index is -0.858. The number of aromatic nitrogens is 3. The first kappa shape index (κ1) is 16.2. The minimum absolute atomic E-state index is 0.124. The number of aliphatic carboxylic acids is 1. The van der Waals surface area contributed by atoms with Crippen molar-refractivity contribution in [3.05, 3.63) is 42.2 Å². The van der Waals surface area contributed by atoms with E-state index in [1.54, 1.807) is 0 Å². The summed E-state index contributed by atoms with van der Waals surface area (Å²) in [6.07, 6.45) is 5.39. The number of carboxylic acids is 1. The van der Waals surface area contributed by atoms with Gasteiger partial charge >= 0.3 is 5.97 Å². The number of amides is 1. The molecule has 1 aromatic carbocycles. The lowest BCUT2D eigenvalue weighted by atomic mass is 9.74. The summed E-state index contributed by atoms with van der Waals surface area (Å²) in [5, 5.41) is 20.5. The molecule has 1 amide bonds. The van der Waals surface area contributed by atoms with E-state index in [0.29, 0.717) is 12.8 Å². The van der Waals surface area contributed by atoms with Gasteiger partial charge in [0.1, 0.15) is 0 Å². The van der Waals surface area contributed by atoms with Crippen molar-refractivity contribution in [2.24, 2.45) is 5.41 Å². The zero-order valence-electron chi connectivity index (χ0n) is 13.3. The molecule has 2 N–H and O–H groups in total. The third-order valence-corrected chi connectivity index (χ3v) is 4.56. The van der Waals surface area contributed by atoms with E-state index >= 15 is 0 Å². The third kappa shape index (κ3) is 3.29. The van der Waals surface area contributed by atoms with Gasteiger partial charge in [-0.05, 0) is 25.0 Å². The predicted octanol–water partition coefficient (Wildman–Crippen LogP) is 2.03. The molecule has 7 nitrogen and oxygen atoms in total. The van der Waals surface area contributed by atoms with Crippen molar-refractivity contribution in [3.63, 3.8) is 0 Å². The number of carbonyl (C=O) groups excluding carboxylic acids is 1. The molecule has 1 aromatic heterocycles. The maximum Gasteiger partial charge on any atom is 0.311 e. The Bertz CT molecular complexity index is 720. The summed E-state index contributed by atoms with van der Waals surface area (Å²) in [5.41, 5.74) is 0.0737. The van der Waals surface area contributed by atoms with Gasteiger partial charge in [0.25, 0.3) is 5.91 Å². The highest BCUT2D eigenvalue weighted by Gasteiger charge is 2.39. The van der Waals surface area contributed by atoms with Crippen LogP contribution >= 0.6 is 0 Å². The van der Waals surface area contributed by atoms with Crippen LogP contribution in [0, 0.1) is 5.41 Å². The van der Waals surface area contributed by atoms with Crippen LogP contribution in [0.1, 0.15) is 42.6 Å². The average Bonchev–Trinajstić information content (AvgIpc) is 3.11. The number of nitrogens with one attached hydrogen (secondary N) is 1. The molecule has 0 radical (unpaired) electrons. The van der Waals surface area contributed by atoms with Crippen molar-refractivity contribution in [2.45, 2.75) is 32.1 Å². The Hall–Kier alpha value is -2.70. The molecule has 0 atom stereocenters. The van der Waals surface area contributed by atoms with Gasteiger partial charge < -0.3 is 10.4 Å². The maximum absolute atomic E-state index is 12.3. The van der Waals surface area contributed by atoms with Crippen LogP contribution in [0.5, 0.6) is 0 Å². The first-order valence-electron chi connectivity index (χ1n) is 8.10. The van der Waals surface area contributed by atoms with Crippen LogP contribution in [0.2, 0.25) is 0 Å². The van der Waals surface area contributed by atoms with E-state index in [1.807, 2.05) is 30.3 Å². The molecule has 3 rings (SSSR count). The van der Waals surface area contributed by atoms with Crippen LogP contribution in [-0.4, -0.2) is 38.5 Å². The van der Waals surface area contributed by atoms with Crippen LogP contribution in [0.25, 0.3) is 5.69 Å². The topological polar surface area (TPSA) is 97.1 Å². The average molecular weight is 328 g/mol. The van der Waals surface area contributed by atoms with E-state index < -0.39 is 17.3 Å². The van der Waals surface area contributed by atoms with E-state index in [1.165, 1.54) is 11.0 Å². The molecule has 0 aliphatic heterocycles. The Labute approximate surface area is 139 Å². The number of nitrogens with zero attached hydrogens (tertiary/aromatic N) is 3. The Kier molecular flexibility index (Phi) is 4.59. The molecule has 7 heteroatoms. The summed E-state index contributed by atoms with van der Waals surface area (Å²) in [6.45, 7) is 0.124. The molecule has 1 heterocycles. The van der Waals surface area contributed by atoms with Gasteiger partial charge in [0.05, 0.1) is 17.3 Å². The Morgan fingerprint density at radius 3 is 2.54 bits per heavy atom. The number of carbonyl (C=O) groups is 2. The number of hydrogen-bond donors (Lipinski definition) is 2. The summed E-state index contributed by atoms with van der Waals surface area (Å²) in [7, 11) is 0.